The van der Waals surface area contributed by atoms with Crippen molar-refractivity contribution in [2.75, 3.05) is 26.1 Å². The van der Waals surface area contributed by atoms with Gasteiger partial charge in [0.25, 0.3) is 0 Å². The lowest BCUT2D eigenvalue weighted by Crippen LogP contribution is -2.34. The highest BCUT2D eigenvalue weighted by Gasteiger charge is 2.23. The van der Waals surface area contributed by atoms with Crippen LogP contribution in [0.15, 0.2) is 11.6 Å². The third-order valence-corrected chi connectivity index (χ3v) is 6.44. The normalized spacial score (nSPS) is 13.8. The average molecular weight is 296 g/mol. The van der Waals surface area contributed by atoms with Gasteiger partial charge in [0.15, 0.2) is 0 Å². The van der Waals surface area contributed by atoms with Crippen LogP contribution in [-0.4, -0.2) is 36.1 Å². The maximum atomic E-state index is 6.08. The molecule has 0 saturated carbocycles. The van der Waals surface area contributed by atoms with Crippen molar-refractivity contribution in [3.05, 3.63) is 11.6 Å². The van der Waals surface area contributed by atoms with E-state index in [-0.39, 0.29) is 12.7 Å². The predicted molar refractivity (Wildman–Crippen MR) is 86.5 cm³/mol. The van der Waals surface area contributed by atoms with E-state index < -0.39 is 0 Å². The van der Waals surface area contributed by atoms with Crippen LogP contribution in [0.2, 0.25) is 0 Å². The highest BCUT2D eigenvalue weighted by molar-refractivity contribution is 8.55. The molecule has 0 atom stereocenters. The third kappa shape index (κ3) is 8.48. The lowest BCUT2D eigenvalue weighted by molar-refractivity contribution is 0.273. The molecule has 0 heterocycles. The quantitative estimate of drug-likeness (QED) is 0.257. The molecule has 0 unspecified atom stereocenters. The molecule has 0 aliphatic carbocycles. The van der Waals surface area contributed by atoms with Gasteiger partial charge in [0, 0.05) is 12.6 Å². The Labute approximate surface area is 118 Å². The van der Waals surface area contributed by atoms with Crippen LogP contribution in [0.4, 0.5) is 0 Å². The van der Waals surface area contributed by atoms with Gasteiger partial charge in [-0.05, 0) is 70.9 Å². The van der Waals surface area contributed by atoms with Crippen molar-refractivity contribution in [3.63, 3.8) is 0 Å². The maximum Gasteiger partial charge on any atom is 0.0340 e. The van der Waals surface area contributed by atoms with Crippen molar-refractivity contribution in [2.24, 2.45) is 0 Å². The van der Waals surface area contributed by atoms with Gasteiger partial charge < -0.3 is 0 Å². The fourth-order valence-corrected chi connectivity index (χ4v) is 3.73. The first-order chi connectivity index (χ1) is 7.79. The van der Waals surface area contributed by atoms with Crippen LogP contribution in [0.1, 0.15) is 40.0 Å². The Morgan fingerprint density at radius 2 is 2.00 bits per heavy atom. The molecule has 4 heteroatoms. The Bertz CT molecular complexity index is 240. The molecule has 17 heavy (non-hydrogen) atoms. The molecule has 102 valence electrons. The van der Waals surface area contributed by atoms with Crippen LogP contribution in [0, 0.1) is 0 Å². The first kappa shape index (κ1) is 17.8. The highest BCUT2D eigenvalue weighted by atomic mass is 35.5. The van der Waals surface area contributed by atoms with E-state index in [0.717, 1.165) is 6.42 Å². The molecule has 0 bridgehead atoms. The molecule has 0 N–H and O–H groups in total. The van der Waals surface area contributed by atoms with E-state index in [1.165, 1.54) is 24.2 Å². The van der Waals surface area contributed by atoms with Gasteiger partial charge in [-0.3, -0.25) is 0 Å². The Kier molecular flexibility index (Phi) is 9.20. The van der Waals surface area contributed by atoms with Gasteiger partial charge in [-0.1, -0.05) is 18.8 Å². The zero-order valence-electron chi connectivity index (χ0n) is 12.1. The van der Waals surface area contributed by atoms with Crippen LogP contribution in [0.25, 0.3) is 0 Å². The summed E-state index contributed by atoms with van der Waals surface area (Å²) in [5.41, 5.74) is 1.57. The second-order valence-corrected chi connectivity index (χ2v) is 10.9. The van der Waals surface area contributed by atoms with Gasteiger partial charge >= 0.3 is 0 Å². The summed E-state index contributed by atoms with van der Waals surface area (Å²) < 4.78 is 1.79. The Balaban J connectivity index is 4.02. The summed E-state index contributed by atoms with van der Waals surface area (Å²) in [5.74, 6) is 1.28. The first-order valence-corrected chi connectivity index (χ1v) is 10.3. The molecule has 0 aliphatic heterocycles. The van der Waals surface area contributed by atoms with Crippen LogP contribution in [0.3, 0.4) is 0 Å². The molecule has 0 saturated heterocycles. The van der Waals surface area contributed by atoms with Crippen molar-refractivity contribution < 1.29 is 0 Å². The van der Waals surface area contributed by atoms with Gasteiger partial charge in [0.05, 0.1) is 0 Å². The summed E-state index contributed by atoms with van der Waals surface area (Å²) in [6, 6.07) is 0. The number of hydrogen-bond acceptors (Lipinski definition) is 2. The van der Waals surface area contributed by atoms with E-state index in [1.807, 2.05) is 7.05 Å². The van der Waals surface area contributed by atoms with Gasteiger partial charge in [0.2, 0.25) is 0 Å². The summed E-state index contributed by atoms with van der Waals surface area (Å²) in [7, 11) is 2.13. The largest absolute Gasteiger partial charge is 0.217 e. The molecular formula is C13H27ClNPS. The average Bonchev–Trinajstić information content (AvgIpc) is 2.21. The number of halogens is 1. The molecule has 0 rings (SSSR count). The molecule has 0 aromatic heterocycles. The molecule has 0 aliphatic rings. The lowest BCUT2D eigenvalue weighted by atomic mass is 9.92. The lowest BCUT2D eigenvalue weighted by Gasteiger charge is -2.31. The van der Waals surface area contributed by atoms with Crippen molar-refractivity contribution in [1.29, 1.82) is 0 Å². The number of hydrogen-bond donors (Lipinski definition) is 0. The zero-order valence-corrected chi connectivity index (χ0v) is 14.6. The highest BCUT2D eigenvalue weighted by Crippen LogP contribution is 2.42. The Morgan fingerprint density at radius 1 is 1.41 bits per heavy atom. The fourth-order valence-electron chi connectivity index (χ4n) is 1.55. The van der Waals surface area contributed by atoms with Crippen molar-refractivity contribution in [2.45, 2.75) is 45.6 Å². The molecular weight excluding hydrogens is 269 g/mol. The van der Waals surface area contributed by atoms with Crippen molar-refractivity contribution in [1.82, 2.24) is 4.42 Å². The molecule has 0 fully saturated rings. The van der Waals surface area contributed by atoms with Crippen molar-refractivity contribution >= 4 is 30.3 Å². The topological polar surface area (TPSA) is 3.24 Å². The fraction of sp³-hybridized carbons (Fsp3) is 0.846. The Morgan fingerprint density at radius 3 is 2.41 bits per heavy atom. The van der Waals surface area contributed by atoms with E-state index in [0.29, 0.717) is 0 Å². The second-order valence-electron chi connectivity index (χ2n) is 5.16. The summed E-state index contributed by atoms with van der Waals surface area (Å²) >= 11 is 8.19. The van der Waals surface area contributed by atoms with Gasteiger partial charge in [-0.2, -0.15) is 0 Å². The molecule has 0 aromatic carbocycles. The van der Waals surface area contributed by atoms with Crippen LogP contribution < -0.4 is 0 Å². The summed E-state index contributed by atoms with van der Waals surface area (Å²) in [6.07, 6.45) is 5.81. The van der Waals surface area contributed by atoms with Crippen LogP contribution in [0.5, 0.6) is 0 Å². The van der Waals surface area contributed by atoms with E-state index in [2.05, 4.69) is 51.6 Å². The summed E-state index contributed by atoms with van der Waals surface area (Å²) in [6.45, 7) is 11.2. The van der Waals surface area contributed by atoms with E-state index in [9.17, 15) is 0 Å². The minimum absolute atomic E-state index is 0.0404. The van der Waals surface area contributed by atoms with E-state index in [1.54, 1.807) is 4.42 Å². The van der Waals surface area contributed by atoms with Gasteiger partial charge in [-0.25, -0.2) is 4.42 Å². The minimum Gasteiger partial charge on any atom is -0.217 e. The minimum atomic E-state index is 0.0404. The molecule has 1 nitrogen and oxygen atoms in total. The summed E-state index contributed by atoms with van der Waals surface area (Å²) in [5, 5.41) is 0. The van der Waals surface area contributed by atoms with Gasteiger partial charge in [-0.15, -0.1) is 11.4 Å². The van der Waals surface area contributed by atoms with E-state index in [4.69, 9.17) is 11.8 Å². The Hall–Kier alpha value is 0.770. The molecule has 0 spiro atoms. The van der Waals surface area contributed by atoms with Crippen molar-refractivity contribution in [3.8, 4) is 0 Å². The van der Waals surface area contributed by atoms with Gasteiger partial charge in [0.1, 0.15) is 0 Å². The zero-order chi connectivity index (χ0) is 13.5. The number of nitrogens with zero attached hydrogens (tertiary/aromatic N) is 1. The SMILES string of the molecule is CC=C(CCCSP(C)C)CC(C)(C)N(C)Cl. The smallest absolute Gasteiger partial charge is 0.0340 e. The predicted octanol–water partition coefficient (Wildman–Crippen LogP) is 5.36. The summed E-state index contributed by atoms with van der Waals surface area (Å²) in [4.78, 5) is 0. The first-order valence-electron chi connectivity index (χ1n) is 6.13. The molecule has 0 amide bonds. The maximum absolute atomic E-state index is 6.08. The van der Waals surface area contributed by atoms with Crippen LogP contribution in [-0.2, 0) is 0 Å². The number of allylic oxidation sites excluding steroid dienone is 1. The monoisotopic (exact) mass is 295 g/mol. The second kappa shape index (κ2) is 8.80. The standard InChI is InChI=1S/C13H27ClNPS/c1-7-12(9-8-10-17-16(5)6)11-13(2,3)15(4)14/h7H,8-11H2,1-6H3. The van der Waals surface area contributed by atoms with E-state index >= 15 is 0 Å². The third-order valence-electron chi connectivity index (χ3n) is 2.89. The van der Waals surface area contributed by atoms with Crippen LogP contribution >= 0.6 is 30.3 Å². The molecule has 0 radical (unpaired) electrons. The number of rotatable bonds is 8. The molecule has 0 aromatic rings.